The van der Waals surface area contributed by atoms with E-state index in [1.807, 2.05) is 18.2 Å². The van der Waals surface area contributed by atoms with Crippen molar-refractivity contribution in [1.29, 1.82) is 0 Å². The van der Waals surface area contributed by atoms with Crippen LogP contribution in [-0.4, -0.2) is 23.3 Å². The fraction of sp³-hybridized carbons (Fsp3) is 0.429. The van der Waals surface area contributed by atoms with Crippen molar-refractivity contribution in [3.05, 3.63) is 41.6 Å². The monoisotopic (exact) mass is 259 g/mol. The Morgan fingerprint density at radius 1 is 1.26 bits per heavy atom. The minimum atomic E-state index is 0.147. The molecule has 1 aromatic carbocycles. The molecule has 2 heterocycles. The summed E-state index contributed by atoms with van der Waals surface area (Å²) in [6, 6.07) is 8.07. The lowest BCUT2D eigenvalue weighted by molar-refractivity contribution is 0.239. The Morgan fingerprint density at radius 2 is 2.16 bits per heavy atom. The number of fused-ring (bicyclic) bond motifs is 1. The Balaban J connectivity index is 1.72. The number of nitrogens with zero attached hydrogens (tertiary/aromatic N) is 2. The third-order valence-corrected chi connectivity index (χ3v) is 3.31. The average Bonchev–Trinajstić information content (AvgIpc) is 2.93. The van der Waals surface area contributed by atoms with Crippen molar-refractivity contribution < 1.29 is 9.15 Å². The molecule has 2 aromatic rings. The topological polar surface area (TPSA) is 74.2 Å². The van der Waals surface area contributed by atoms with Gasteiger partial charge >= 0.3 is 0 Å². The summed E-state index contributed by atoms with van der Waals surface area (Å²) < 4.78 is 11.4. The van der Waals surface area contributed by atoms with Gasteiger partial charge in [-0.05, 0) is 31.0 Å². The van der Waals surface area contributed by atoms with E-state index in [9.17, 15) is 0 Å². The van der Waals surface area contributed by atoms with Gasteiger partial charge in [-0.25, -0.2) is 0 Å². The standard InChI is InChI=1S/C14H17N3O2/c15-7-3-6-13-16-17-14(19-13)11-8-10-4-1-2-5-12(10)18-9-11/h1-2,4-5,11H,3,6-9,15H2. The van der Waals surface area contributed by atoms with Gasteiger partial charge in [0.15, 0.2) is 0 Å². The summed E-state index contributed by atoms with van der Waals surface area (Å²) in [7, 11) is 0. The number of ether oxygens (including phenoxy) is 1. The van der Waals surface area contributed by atoms with E-state index >= 15 is 0 Å². The van der Waals surface area contributed by atoms with Gasteiger partial charge in [-0.3, -0.25) is 0 Å². The molecular weight excluding hydrogens is 242 g/mol. The van der Waals surface area contributed by atoms with Crippen LogP contribution in [0.2, 0.25) is 0 Å². The lowest BCUT2D eigenvalue weighted by atomic mass is 9.97. The Morgan fingerprint density at radius 3 is 3.05 bits per heavy atom. The molecule has 2 N–H and O–H groups in total. The van der Waals surface area contributed by atoms with Crippen LogP contribution in [0, 0.1) is 0 Å². The highest BCUT2D eigenvalue weighted by molar-refractivity contribution is 5.36. The zero-order chi connectivity index (χ0) is 13.1. The van der Waals surface area contributed by atoms with Gasteiger partial charge in [0, 0.05) is 6.42 Å². The molecule has 1 unspecified atom stereocenters. The summed E-state index contributed by atoms with van der Waals surface area (Å²) in [4.78, 5) is 0. The van der Waals surface area contributed by atoms with Crippen LogP contribution >= 0.6 is 0 Å². The van der Waals surface area contributed by atoms with Crippen LogP contribution in [0.3, 0.4) is 0 Å². The Bertz CT molecular complexity index is 553. The maximum atomic E-state index is 5.73. The van der Waals surface area contributed by atoms with Crippen molar-refractivity contribution in [2.24, 2.45) is 5.73 Å². The number of para-hydroxylation sites is 1. The lowest BCUT2D eigenvalue weighted by Crippen LogP contribution is -2.19. The second-order valence-corrected chi connectivity index (χ2v) is 4.75. The van der Waals surface area contributed by atoms with Crippen molar-refractivity contribution in [2.75, 3.05) is 13.2 Å². The third-order valence-electron chi connectivity index (χ3n) is 3.31. The molecule has 1 aliphatic heterocycles. The summed E-state index contributed by atoms with van der Waals surface area (Å²) in [5.41, 5.74) is 6.66. The number of benzene rings is 1. The molecule has 0 saturated carbocycles. The predicted octanol–water partition coefficient (Wildman–Crippen LogP) is 1.68. The van der Waals surface area contributed by atoms with Crippen molar-refractivity contribution >= 4 is 0 Å². The first-order valence-electron chi connectivity index (χ1n) is 6.60. The van der Waals surface area contributed by atoms with Gasteiger partial charge in [-0.1, -0.05) is 18.2 Å². The lowest BCUT2D eigenvalue weighted by Gasteiger charge is -2.22. The largest absolute Gasteiger partial charge is 0.492 e. The zero-order valence-electron chi connectivity index (χ0n) is 10.7. The highest BCUT2D eigenvalue weighted by Crippen LogP contribution is 2.31. The van der Waals surface area contributed by atoms with Crippen molar-refractivity contribution in [3.63, 3.8) is 0 Å². The molecule has 0 fully saturated rings. The second kappa shape index (κ2) is 5.40. The Hall–Kier alpha value is -1.88. The van der Waals surface area contributed by atoms with E-state index in [1.54, 1.807) is 0 Å². The molecule has 1 atom stereocenters. The predicted molar refractivity (Wildman–Crippen MR) is 70.1 cm³/mol. The highest BCUT2D eigenvalue weighted by Gasteiger charge is 2.25. The van der Waals surface area contributed by atoms with Gasteiger partial charge in [0.25, 0.3) is 0 Å². The minimum absolute atomic E-state index is 0.147. The highest BCUT2D eigenvalue weighted by atomic mass is 16.5. The smallest absolute Gasteiger partial charge is 0.223 e. The molecule has 5 nitrogen and oxygen atoms in total. The van der Waals surface area contributed by atoms with E-state index in [4.69, 9.17) is 14.9 Å². The SMILES string of the molecule is NCCCc1nnc(C2COc3ccccc3C2)o1. The molecule has 0 radical (unpaired) electrons. The summed E-state index contributed by atoms with van der Waals surface area (Å²) in [6.07, 6.45) is 2.49. The third kappa shape index (κ3) is 2.61. The molecule has 19 heavy (non-hydrogen) atoms. The van der Waals surface area contributed by atoms with Crippen LogP contribution in [-0.2, 0) is 12.8 Å². The first-order valence-corrected chi connectivity index (χ1v) is 6.60. The van der Waals surface area contributed by atoms with Gasteiger partial charge in [0.2, 0.25) is 11.8 Å². The zero-order valence-corrected chi connectivity index (χ0v) is 10.7. The van der Waals surface area contributed by atoms with Crippen LogP contribution in [0.25, 0.3) is 0 Å². The van der Waals surface area contributed by atoms with Gasteiger partial charge in [0.1, 0.15) is 12.4 Å². The number of hydrogen-bond acceptors (Lipinski definition) is 5. The summed E-state index contributed by atoms with van der Waals surface area (Å²) in [5.74, 6) is 2.44. The molecule has 1 aliphatic rings. The summed E-state index contributed by atoms with van der Waals surface area (Å²) in [6.45, 7) is 1.23. The minimum Gasteiger partial charge on any atom is -0.492 e. The van der Waals surface area contributed by atoms with Gasteiger partial charge in [-0.15, -0.1) is 10.2 Å². The van der Waals surface area contributed by atoms with Crippen molar-refractivity contribution in [3.8, 4) is 5.75 Å². The first kappa shape index (κ1) is 12.2. The van der Waals surface area contributed by atoms with Crippen molar-refractivity contribution in [2.45, 2.75) is 25.2 Å². The van der Waals surface area contributed by atoms with Gasteiger partial charge in [0.05, 0.1) is 5.92 Å². The molecule has 5 heteroatoms. The molecular formula is C14H17N3O2. The van der Waals surface area contributed by atoms with E-state index in [0.717, 1.165) is 25.0 Å². The molecule has 3 rings (SSSR count). The number of aryl methyl sites for hydroxylation is 1. The van der Waals surface area contributed by atoms with E-state index < -0.39 is 0 Å². The maximum Gasteiger partial charge on any atom is 0.223 e. The van der Waals surface area contributed by atoms with E-state index in [1.165, 1.54) is 5.56 Å². The number of nitrogens with two attached hydrogens (primary N) is 1. The van der Waals surface area contributed by atoms with E-state index in [2.05, 4.69) is 16.3 Å². The van der Waals surface area contributed by atoms with Crippen LogP contribution in [0.4, 0.5) is 0 Å². The summed E-state index contributed by atoms with van der Waals surface area (Å²) in [5, 5.41) is 8.19. The van der Waals surface area contributed by atoms with Crippen molar-refractivity contribution in [1.82, 2.24) is 10.2 Å². The van der Waals surface area contributed by atoms with Crippen LogP contribution < -0.4 is 10.5 Å². The molecule has 0 amide bonds. The average molecular weight is 259 g/mol. The fourth-order valence-electron chi connectivity index (χ4n) is 2.27. The van der Waals surface area contributed by atoms with Crippen LogP contribution in [0.15, 0.2) is 28.7 Å². The van der Waals surface area contributed by atoms with Gasteiger partial charge in [-0.2, -0.15) is 0 Å². The fourth-order valence-corrected chi connectivity index (χ4v) is 2.27. The molecule has 0 aliphatic carbocycles. The van der Waals surface area contributed by atoms with E-state index in [0.29, 0.717) is 24.9 Å². The normalized spacial score (nSPS) is 17.8. The quantitative estimate of drug-likeness (QED) is 0.904. The first-order chi connectivity index (χ1) is 9.36. The number of aromatic nitrogens is 2. The van der Waals surface area contributed by atoms with Crippen LogP contribution in [0.1, 0.15) is 29.7 Å². The molecule has 0 saturated heterocycles. The maximum absolute atomic E-state index is 5.73. The second-order valence-electron chi connectivity index (χ2n) is 4.75. The van der Waals surface area contributed by atoms with Crippen LogP contribution in [0.5, 0.6) is 5.75 Å². The van der Waals surface area contributed by atoms with E-state index in [-0.39, 0.29) is 5.92 Å². The molecule has 0 spiro atoms. The molecule has 1 aromatic heterocycles. The molecule has 100 valence electrons. The molecule has 0 bridgehead atoms. The Labute approximate surface area is 111 Å². The van der Waals surface area contributed by atoms with Gasteiger partial charge < -0.3 is 14.9 Å². The number of hydrogen-bond donors (Lipinski definition) is 1. The Kier molecular flexibility index (Phi) is 3.46. The summed E-state index contributed by atoms with van der Waals surface area (Å²) >= 11 is 0. The number of rotatable bonds is 4.